The number of allylic oxidation sites excluding steroid dienone is 4. The molecule has 0 nitrogen and oxygen atoms in total. The van der Waals surface area contributed by atoms with Crippen LogP contribution in [0.15, 0.2) is 97.1 Å². The smallest absolute Gasteiger partial charge is 0.00538 e. The quantitative estimate of drug-likeness (QED) is 0.195. The van der Waals surface area contributed by atoms with Crippen LogP contribution in [-0.2, 0) is 25.7 Å². The van der Waals surface area contributed by atoms with Crippen LogP contribution < -0.4 is 0 Å². The van der Waals surface area contributed by atoms with Gasteiger partial charge in [0.1, 0.15) is 0 Å². The fraction of sp³-hybridized carbons (Fsp3) is 0.364. The summed E-state index contributed by atoms with van der Waals surface area (Å²) < 4.78 is 0. The van der Waals surface area contributed by atoms with Crippen LogP contribution in [0.3, 0.4) is 0 Å². The molecule has 0 aromatic heterocycles. The summed E-state index contributed by atoms with van der Waals surface area (Å²) in [7, 11) is 0. The molecule has 4 aromatic carbocycles. The van der Waals surface area contributed by atoms with Crippen LogP contribution in [0.5, 0.6) is 0 Å². The highest BCUT2D eigenvalue weighted by atomic mass is 14.5. The first-order chi connectivity index (χ1) is 20.8. The minimum absolute atomic E-state index is 0.216. The Balaban J connectivity index is 0.000000142. The van der Waals surface area contributed by atoms with Gasteiger partial charge < -0.3 is 0 Å². The first-order valence-electron chi connectivity index (χ1n) is 16.6. The van der Waals surface area contributed by atoms with Crippen molar-refractivity contribution >= 4 is 22.3 Å². The molecule has 0 radical (unpaired) electrons. The molecule has 0 N–H and O–H groups in total. The van der Waals surface area contributed by atoms with Crippen LogP contribution in [0, 0.1) is 21.7 Å². The number of fused-ring (bicyclic) bond motifs is 4. The van der Waals surface area contributed by atoms with Crippen LogP contribution in [0.1, 0.15) is 99.9 Å². The van der Waals surface area contributed by atoms with E-state index < -0.39 is 0 Å². The molecule has 0 heteroatoms. The Kier molecular flexibility index (Phi) is 6.57. The van der Waals surface area contributed by atoms with Crippen molar-refractivity contribution in [2.75, 3.05) is 0 Å². The highest BCUT2D eigenvalue weighted by Crippen LogP contribution is 2.59. The number of hydrogen-bond donors (Lipinski definition) is 0. The van der Waals surface area contributed by atoms with Gasteiger partial charge in [0, 0.05) is 0 Å². The van der Waals surface area contributed by atoms with Gasteiger partial charge in [-0.05, 0) is 114 Å². The Morgan fingerprint density at radius 3 is 0.682 bits per heavy atom. The molecule has 0 aliphatic heterocycles. The molecule has 0 atom stereocenters. The Bertz CT molecular complexity index is 1580. The second kappa shape index (κ2) is 9.93. The third-order valence-electron chi connectivity index (χ3n) is 10.9. The molecule has 0 saturated carbocycles. The minimum atomic E-state index is 0.216. The maximum absolute atomic E-state index is 2.41. The van der Waals surface area contributed by atoms with Crippen LogP contribution in [0.4, 0.5) is 0 Å². The predicted molar refractivity (Wildman–Crippen MR) is 189 cm³/mol. The molecular formula is C44H48. The summed E-state index contributed by atoms with van der Waals surface area (Å²) in [6.07, 6.45) is 4.61. The summed E-state index contributed by atoms with van der Waals surface area (Å²) in [6, 6.07) is 36.0. The van der Waals surface area contributed by atoms with Gasteiger partial charge in [-0.15, -0.1) is 0 Å². The van der Waals surface area contributed by atoms with E-state index in [4.69, 9.17) is 0 Å². The summed E-state index contributed by atoms with van der Waals surface area (Å²) >= 11 is 0. The molecule has 0 saturated heterocycles. The van der Waals surface area contributed by atoms with Crippen molar-refractivity contribution in [3.05, 3.63) is 142 Å². The summed E-state index contributed by atoms with van der Waals surface area (Å²) in [5.41, 5.74) is 19.1. The molecule has 0 spiro atoms. The van der Waals surface area contributed by atoms with Gasteiger partial charge in [0.15, 0.2) is 0 Å². The molecule has 4 aliphatic rings. The van der Waals surface area contributed by atoms with Gasteiger partial charge in [-0.2, -0.15) is 0 Å². The lowest BCUT2D eigenvalue weighted by molar-refractivity contribution is 0.495. The normalized spacial score (nSPS) is 24.2. The van der Waals surface area contributed by atoms with E-state index in [0.29, 0.717) is 0 Å². The van der Waals surface area contributed by atoms with Crippen molar-refractivity contribution in [1.29, 1.82) is 0 Å². The van der Waals surface area contributed by atoms with Crippen LogP contribution in [0.25, 0.3) is 22.3 Å². The molecule has 0 amide bonds. The molecule has 0 fully saturated rings. The standard InChI is InChI=1S/2C22H24/c2*1-21(2)13-15-9-5-7-11-17(15)19(21)20-18-12-8-6-10-16(18)14-22(20,3)4/h2*5-12H,13-14H2,1-4H3/b2*20-19+. The Labute approximate surface area is 266 Å². The molecule has 0 unspecified atom stereocenters. The highest BCUT2D eigenvalue weighted by molar-refractivity contribution is 6.01. The van der Waals surface area contributed by atoms with E-state index in [0.717, 1.165) is 25.7 Å². The fourth-order valence-electron chi connectivity index (χ4n) is 9.28. The van der Waals surface area contributed by atoms with E-state index in [1.807, 2.05) is 0 Å². The Morgan fingerprint density at radius 2 is 0.477 bits per heavy atom. The maximum Gasteiger partial charge on any atom is -0.00538 e. The summed E-state index contributed by atoms with van der Waals surface area (Å²) in [6.45, 7) is 19.3. The molecule has 8 rings (SSSR count). The maximum atomic E-state index is 2.41. The first-order valence-corrected chi connectivity index (χ1v) is 16.6. The lowest BCUT2D eigenvalue weighted by Crippen LogP contribution is -2.17. The van der Waals surface area contributed by atoms with E-state index in [-0.39, 0.29) is 21.7 Å². The average Bonchev–Trinajstić information content (AvgIpc) is 3.58. The summed E-state index contributed by atoms with van der Waals surface area (Å²) in [5.74, 6) is 0. The highest BCUT2D eigenvalue weighted by Gasteiger charge is 2.44. The molecule has 4 aromatic rings. The number of benzene rings is 4. The SMILES string of the molecule is CC1(C)Cc2ccccc2/C1=C1/c2ccccc2CC1(C)C.CC1(C)Cc2ccccc2/C1=C1/c2ccccc2CC1(C)C. The lowest BCUT2D eigenvalue weighted by Gasteiger charge is -2.30. The molecule has 4 aliphatic carbocycles. The third kappa shape index (κ3) is 4.56. The second-order valence-corrected chi connectivity index (χ2v) is 16.4. The predicted octanol–water partition coefficient (Wildman–Crippen LogP) is 11.5. The topological polar surface area (TPSA) is 0 Å². The summed E-state index contributed by atoms with van der Waals surface area (Å²) in [5, 5.41) is 0. The molecule has 44 heavy (non-hydrogen) atoms. The van der Waals surface area contributed by atoms with E-state index in [9.17, 15) is 0 Å². The minimum Gasteiger partial charge on any atom is -0.0620 e. The number of rotatable bonds is 0. The number of hydrogen-bond acceptors (Lipinski definition) is 0. The monoisotopic (exact) mass is 576 g/mol. The Hall–Kier alpha value is -3.64. The van der Waals surface area contributed by atoms with Crippen LogP contribution in [0.2, 0.25) is 0 Å². The second-order valence-electron chi connectivity index (χ2n) is 16.4. The van der Waals surface area contributed by atoms with Crippen molar-refractivity contribution in [3.63, 3.8) is 0 Å². The molecule has 0 heterocycles. The van der Waals surface area contributed by atoms with Gasteiger partial charge in [-0.1, -0.05) is 152 Å². The molecule has 0 bridgehead atoms. The van der Waals surface area contributed by atoms with E-state index in [1.165, 1.54) is 44.5 Å². The largest absolute Gasteiger partial charge is 0.0620 e. The average molecular weight is 577 g/mol. The van der Waals surface area contributed by atoms with Gasteiger partial charge in [-0.25, -0.2) is 0 Å². The fourth-order valence-corrected chi connectivity index (χ4v) is 9.28. The van der Waals surface area contributed by atoms with Crippen molar-refractivity contribution in [2.24, 2.45) is 21.7 Å². The van der Waals surface area contributed by atoms with Gasteiger partial charge >= 0.3 is 0 Å². The zero-order valence-corrected chi connectivity index (χ0v) is 28.1. The molecular weight excluding hydrogens is 528 g/mol. The van der Waals surface area contributed by atoms with E-state index in [1.54, 1.807) is 22.3 Å². The van der Waals surface area contributed by atoms with Crippen molar-refractivity contribution in [2.45, 2.75) is 81.1 Å². The lowest BCUT2D eigenvalue weighted by atomic mass is 9.74. The molecule has 224 valence electrons. The van der Waals surface area contributed by atoms with Crippen molar-refractivity contribution in [1.82, 2.24) is 0 Å². The van der Waals surface area contributed by atoms with Gasteiger partial charge in [0.2, 0.25) is 0 Å². The van der Waals surface area contributed by atoms with Gasteiger partial charge in [-0.3, -0.25) is 0 Å². The third-order valence-corrected chi connectivity index (χ3v) is 10.9. The zero-order chi connectivity index (χ0) is 31.1. The van der Waals surface area contributed by atoms with Gasteiger partial charge in [0.05, 0.1) is 0 Å². The van der Waals surface area contributed by atoms with Crippen LogP contribution >= 0.6 is 0 Å². The van der Waals surface area contributed by atoms with Crippen molar-refractivity contribution < 1.29 is 0 Å². The first kappa shape index (κ1) is 29.1. The Morgan fingerprint density at radius 1 is 0.295 bits per heavy atom. The van der Waals surface area contributed by atoms with Crippen molar-refractivity contribution in [3.8, 4) is 0 Å². The van der Waals surface area contributed by atoms with Gasteiger partial charge in [0.25, 0.3) is 0 Å². The van der Waals surface area contributed by atoms with E-state index >= 15 is 0 Å². The van der Waals surface area contributed by atoms with E-state index in [2.05, 4.69) is 152 Å². The zero-order valence-electron chi connectivity index (χ0n) is 28.1. The van der Waals surface area contributed by atoms with Crippen LogP contribution in [-0.4, -0.2) is 0 Å². The summed E-state index contributed by atoms with van der Waals surface area (Å²) in [4.78, 5) is 0.